The summed E-state index contributed by atoms with van der Waals surface area (Å²) in [6.45, 7) is 4.31. The Kier molecular flexibility index (Phi) is 7.12. The third kappa shape index (κ3) is 4.52. The van der Waals surface area contributed by atoms with Crippen molar-refractivity contribution in [2.24, 2.45) is 35.5 Å². The second kappa shape index (κ2) is 8.87. The van der Waals surface area contributed by atoms with E-state index in [0.29, 0.717) is 24.7 Å². The van der Waals surface area contributed by atoms with Gasteiger partial charge in [0.05, 0.1) is 11.8 Å². The molecule has 6 unspecified atom stereocenters. The molecule has 4 nitrogen and oxygen atoms in total. The van der Waals surface area contributed by atoms with Crippen molar-refractivity contribution in [3.8, 4) is 0 Å². The third-order valence-corrected chi connectivity index (χ3v) is 6.51. The molecule has 2 aliphatic rings. The summed E-state index contributed by atoms with van der Waals surface area (Å²) >= 11 is 0. The molecule has 2 aliphatic carbocycles. The van der Waals surface area contributed by atoms with Crippen molar-refractivity contribution in [2.75, 3.05) is 0 Å². The molecule has 0 spiro atoms. The van der Waals surface area contributed by atoms with Crippen LogP contribution in [0.25, 0.3) is 0 Å². The van der Waals surface area contributed by atoms with Gasteiger partial charge in [0, 0.05) is 0 Å². The van der Waals surface area contributed by atoms with E-state index in [2.05, 4.69) is 13.8 Å². The Labute approximate surface area is 146 Å². The molecule has 2 N–H and O–H groups in total. The van der Waals surface area contributed by atoms with Crippen molar-refractivity contribution >= 4 is 11.9 Å². The maximum atomic E-state index is 11.9. The number of aliphatic carboxylic acids is 2. The number of rotatable bonds is 8. The third-order valence-electron chi connectivity index (χ3n) is 6.51. The van der Waals surface area contributed by atoms with Gasteiger partial charge in [-0.15, -0.1) is 0 Å². The zero-order valence-electron chi connectivity index (χ0n) is 15.2. The quantitative estimate of drug-likeness (QED) is 0.665. The minimum Gasteiger partial charge on any atom is -0.481 e. The van der Waals surface area contributed by atoms with Gasteiger partial charge >= 0.3 is 11.9 Å². The molecule has 0 radical (unpaired) electrons. The van der Waals surface area contributed by atoms with Crippen LogP contribution in [0.1, 0.15) is 78.1 Å². The van der Waals surface area contributed by atoms with Gasteiger partial charge in [-0.3, -0.25) is 9.59 Å². The summed E-state index contributed by atoms with van der Waals surface area (Å²) in [7, 11) is 0. The molecule has 6 atom stereocenters. The van der Waals surface area contributed by atoms with Crippen molar-refractivity contribution in [2.45, 2.75) is 78.1 Å². The first kappa shape index (κ1) is 19.3. The zero-order chi connectivity index (χ0) is 17.7. The molecule has 0 aromatic rings. The van der Waals surface area contributed by atoms with Crippen molar-refractivity contribution in [3.63, 3.8) is 0 Å². The lowest BCUT2D eigenvalue weighted by atomic mass is 9.55. The average molecular weight is 338 g/mol. The summed E-state index contributed by atoms with van der Waals surface area (Å²) in [5.74, 6) is -0.640. The number of hydrogen-bond acceptors (Lipinski definition) is 2. The topological polar surface area (TPSA) is 74.6 Å². The van der Waals surface area contributed by atoms with Gasteiger partial charge in [-0.25, -0.2) is 0 Å². The van der Waals surface area contributed by atoms with Crippen LogP contribution < -0.4 is 0 Å². The summed E-state index contributed by atoms with van der Waals surface area (Å²) in [6.07, 6.45) is 9.75. The highest BCUT2D eigenvalue weighted by molar-refractivity contribution is 5.72. The first-order valence-electron chi connectivity index (χ1n) is 9.93. The van der Waals surface area contributed by atoms with Crippen molar-refractivity contribution in [1.29, 1.82) is 0 Å². The standard InChI is InChI=1S/C20H34O4/c1-3-5-7-13-9-15-12-16(19(21)22)11-14(8-6-4-2)18(15)17(10-13)20(23)24/h13-18H,3-12H2,1-2H3,(H,21,22)(H,23,24). The monoisotopic (exact) mass is 338 g/mol. The van der Waals surface area contributed by atoms with Gasteiger partial charge in [-0.05, 0) is 49.4 Å². The van der Waals surface area contributed by atoms with E-state index >= 15 is 0 Å². The minimum atomic E-state index is -0.683. The second-order valence-corrected chi connectivity index (χ2v) is 8.17. The van der Waals surface area contributed by atoms with Gasteiger partial charge in [0.2, 0.25) is 0 Å². The SMILES string of the molecule is CCCCC1CC2CC(C(=O)O)CC(CCCC)C2C(C(=O)O)C1. The molecule has 0 amide bonds. The largest absolute Gasteiger partial charge is 0.481 e. The van der Waals surface area contributed by atoms with Gasteiger partial charge in [0.15, 0.2) is 0 Å². The van der Waals surface area contributed by atoms with E-state index in [0.717, 1.165) is 51.4 Å². The molecular formula is C20H34O4. The first-order chi connectivity index (χ1) is 11.5. The van der Waals surface area contributed by atoms with Crippen molar-refractivity contribution in [1.82, 2.24) is 0 Å². The van der Waals surface area contributed by atoms with Crippen LogP contribution >= 0.6 is 0 Å². The second-order valence-electron chi connectivity index (χ2n) is 8.17. The molecule has 0 aliphatic heterocycles. The maximum Gasteiger partial charge on any atom is 0.306 e. The maximum absolute atomic E-state index is 11.9. The first-order valence-corrected chi connectivity index (χ1v) is 9.93. The van der Waals surface area contributed by atoms with E-state index in [9.17, 15) is 19.8 Å². The lowest BCUT2D eigenvalue weighted by Gasteiger charge is -2.49. The average Bonchev–Trinajstić information content (AvgIpc) is 2.56. The lowest BCUT2D eigenvalue weighted by molar-refractivity contribution is -0.154. The molecule has 2 saturated carbocycles. The summed E-state index contributed by atoms with van der Waals surface area (Å²) in [5, 5.41) is 19.4. The van der Waals surface area contributed by atoms with Gasteiger partial charge in [0.1, 0.15) is 0 Å². The fourth-order valence-corrected chi connectivity index (χ4v) is 5.45. The molecule has 0 saturated heterocycles. The number of carboxylic acids is 2. The van der Waals surface area contributed by atoms with Gasteiger partial charge in [-0.2, -0.15) is 0 Å². The molecule has 0 aromatic carbocycles. The number of carbonyl (C=O) groups is 2. The van der Waals surface area contributed by atoms with Gasteiger partial charge in [0.25, 0.3) is 0 Å². The van der Waals surface area contributed by atoms with Gasteiger partial charge < -0.3 is 10.2 Å². The number of carboxylic acid groups (broad SMARTS) is 2. The van der Waals surface area contributed by atoms with E-state index in [4.69, 9.17) is 0 Å². The van der Waals surface area contributed by atoms with Gasteiger partial charge in [-0.1, -0.05) is 52.4 Å². The van der Waals surface area contributed by atoms with Crippen LogP contribution in [-0.2, 0) is 9.59 Å². The van der Waals surface area contributed by atoms with E-state index in [-0.39, 0.29) is 23.7 Å². The Hall–Kier alpha value is -1.06. The van der Waals surface area contributed by atoms with Crippen LogP contribution in [-0.4, -0.2) is 22.2 Å². The lowest BCUT2D eigenvalue weighted by Crippen LogP contribution is -2.46. The number of fused-ring (bicyclic) bond motifs is 1. The van der Waals surface area contributed by atoms with Crippen LogP contribution in [0.4, 0.5) is 0 Å². The molecular weight excluding hydrogens is 304 g/mol. The molecule has 24 heavy (non-hydrogen) atoms. The predicted molar refractivity (Wildman–Crippen MR) is 93.7 cm³/mol. The Balaban J connectivity index is 2.19. The fourth-order valence-electron chi connectivity index (χ4n) is 5.45. The summed E-state index contributed by atoms with van der Waals surface area (Å²) < 4.78 is 0. The Morgan fingerprint density at radius 3 is 2.12 bits per heavy atom. The smallest absolute Gasteiger partial charge is 0.306 e. The van der Waals surface area contributed by atoms with Crippen molar-refractivity contribution in [3.05, 3.63) is 0 Å². The Morgan fingerprint density at radius 1 is 0.875 bits per heavy atom. The van der Waals surface area contributed by atoms with Crippen LogP contribution in [0, 0.1) is 35.5 Å². The molecule has 0 heterocycles. The van der Waals surface area contributed by atoms with E-state index in [1.165, 1.54) is 0 Å². The zero-order valence-corrected chi connectivity index (χ0v) is 15.2. The minimum absolute atomic E-state index is 0.197. The molecule has 2 fully saturated rings. The summed E-state index contributed by atoms with van der Waals surface area (Å²) in [6, 6.07) is 0. The normalized spacial score (nSPS) is 36.1. The Bertz CT molecular complexity index is 433. The van der Waals surface area contributed by atoms with E-state index in [1.807, 2.05) is 0 Å². The highest BCUT2D eigenvalue weighted by atomic mass is 16.4. The molecule has 0 aromatic heterocycles. The fraction of sp³-hybridized carbons (Fsp3) is 0.900. The highest BCUT2D eigenvalue weighted by Gasteiger charge is 2.49. The molecule has 4 heteroatoms. The molecule has 0 bridgehead atoms. The summed E-state index contributed by atoms with van der Waals surface area (Å²) in [5.41, 5.74) is 0. The molecule has 2 rings (SSSR count). The predicted octanol–water partition coefficient (Wildman–Crippen LogP) is 4.82. The number of unbranched alkanes of at least 4 members (excludes halogenated alkanes) is 2. The number of hydrogen-bond donors (Lipinski definition) is 2. The molecule has 138 valence electrons. The Morgan fingerprint density at radius 2 is 1.54 bits per heavy atom. The van der Waals surface area contributed by atoms with E-state index < -0.39 is 11.9 Å². The summed E-state index contributed by atoms with van der Waals surface area (Å²) in [4.78, 5) is 23.5. The van der Waals surface area contributed by atoms with Crippen LogP contribution in [0.2, 0.25) is 0 Å². The van der Waals surface area contributed by atoms with E-state index in [1.54, 1.807) is 0 Å². The van der Waals surface area contributed by atoms with Crippen molar-refractivity contribution < 1.29 is 19.8 Å². The highest BCUT2D eigenvalue weighted by Crippen LogP contribution is 2.52. The van der Waals surface area contributed by atoms with Crippen LogP contribution in [0.3, 0.4) is 0 Å². The van der Waals surface area contributed by atoms with Crippen LogP contribution in [0.5, 0.6) is 0 Å². The van der Waals surface area contributed by atoms with Crippen LogP contribution in [0.15, 0.2) is 0 Å².